The predicted molar refractivity (Wildman–Crippen MR) is 69.5 cm³/mol. The van der Waals surface area contributed by atoms with Gasteiger partial charge in [0, 0.05) is 0 Å². The fourth-order valence-electron chi connectivity index (χ4n) is 1.93. The van der Waals surface area contributed by atoms with Crippen LogP contribution in [0.4, 0.5) is 5.95 Å². The molecule has 6 heteroatoms. The first-order valence-electron chi connectivity index (χ1n) is 5.46. The number of fused-ring (bicyclic) bond motifs is 1. The molecule has 2 N–H and O–H groups in total. The lowest BCUT2D eigenvalue weighted by molar-refractivity contribution is 0.461. The second-order valence-corrected chi connectivity index (χ2v) is 4.44. The summed E-state index contributed by atoms with van der Waals surface area (Å²) in [5.74, 6) is 1.74. The fraction of sp³-hybridized carbons (Fsp3) is 0.167. The van der Waals surface area contributed by atoms with Crippen molar-refractivity contribution < 1.29 is 4.42 Å². The SMILES string of the molecule is Cc1cnc(Cn2c(N)nc3cccc(Cl)c32)o1. The number of rotatable bonds is 2. The van der Waals surface area contributed by atoms with E-state index in [9.17, 15) is 0 Å². The third-order valence-corrected chi connectivity index (χ3v) is 3.01. The highest BCUT2D eigenvalue weighted by Gasteiger charge is 2.13. The first kappa shape index (κ1) is 11.1. The Morgan fingerprint density at radius 1 is 1.44 bits per heavy atom. The van der Waals surface area contributed by atoms with Gasteiger partial charge in [0.1, 0.15) is 12.3 Å². The highest BCUT2D eigenvalue weighted by molar-refractivity contribution is 6.35. The van der Waals surface area contributed by atoms with Gasteiger partial charge in [0.15, 0.2) is 0 Å². The number of aryl methyl sites for hydroxylation is 1. The Morgan fingerprint density at radius 2 is 2.28 bits per heavy atom. The Bertz CT molecular complexity index is 716. The number of hydrogen-bond acceptors (Lipinski definition) is 4. The Labute approximate surface area is 108 Å². The summed E-state index contributed by atoms with van der Waals surface area (Å²) in [5, 5.41) is 0.611. The van der Waals surface area contributed by atoms with Crippen LogP contribution < -0.4 is 5.73 Å². The Hall–Kier alpha value is -2.01. The maximum absolute atomic E-state index is 6.18. The van der Waals surface area contributed by atoms with Crippen molar-refractivity contribution in [2.45, 2.75) is 13.5 Å². The molecule has 0 aliphatic heterocycles. The molecule has 0 radical (unpaired) electrons. The van der Waals surface area contributed by atoms with E-state index >= 15 is 0 Å². The summed E-state index contributed by atoms with van der Waals surface area (Å²) in [6.45, 7) is 2.26. The third-order valence-electron chi connectivity index (χ3n) is 2.71. The average molecular weight is 263 g/mol. The number of nitrogen functional groups attached to an aromatic ring is 1. The normalized spacial score (nSPS) is 11.2. The molecule has 3 rings (SSSR count). The number of oxazole rings is 1. The molecular formula is C12H11ClN4O. The Kier molecular flexibility index (Phi) is 2.48. The van der Waals surface area contributed by atoms with Gasteiger partial charge >= 0.3 is 0 Å². The largest absolute Gasteiger partial charge is 0.444 e. The first-order valence-corrected chi connectivity index (χ1v) is 5.84. The molecule has 0 amide bonds. The van der Waals surface area contributed by atoms with Gasteiger partial charge < -0.3 is 10.2 Å². The van der Waals surface area contributed by atoms with Crippen molar-refractivity contribution in [3.05, 3.63) is 41.1 Å². The van der Waals surface area contributed by atoms with Crippen LogP contribution in [0.2, 0.25) is 5.02 Å². The van der Waals surface area contributed by atoms with Crippen molar-refractivity contribution in [1.29, 1.82) is 0 Å². The van der Waals surface area contributed by atoms with Crippen LogP contribution in [-0.2, 0) is 6.54 Å². The van der Waals surface area contributed by atoms with E-state index in [1.54, 1.807) is 10.8 Å². The summed E-state index contributed by atoms with van der Waals surface area (Å²) in [6, 6.07) is 5.52. The molecule has 0 atom stereocenters. The molecule has 1 aromatic carbocycles. The standard InChI is InChI=1S/C12H11ClN4O/c1-7-5-15-10(18-7)6-17-11-8(13)3-2-4-9(11)16-12(17)14/h2-5H,6H2,1H3,(H2,14,16). The van der Waals surface area contributed by atoms with Gasteiger partial charge in [0.05, 0.1) is 22.3 Å². The molecule has 0 aliphatic rings. The molecule has 0 saturated carbocycles. The molecule has 0 unspecified atom stereocenters. The monoisotopic (exact) mass is 262 g/mol. The zero-order chi connectivity index (χ0) is 12.7. The van der Waals surface area contributed by atoms with E-state index in [1.165, 1.54) is 0 Å². The van der Waals surface area contributed by atoms with Crippen molar-refractivity contribution >= 4 is 28.6 Å². The van der Waals surface area contributed by atoms with Crippen molar-refractivity contribution in [1.82, 2.24) is 14.5 Å². The maximum atomic E-state index is 6.18. The second kappa shape index (κ2) is 4.03. The van der Waals surface area contributed by atoms with Crippen LogP contribution in [0, 0.1) is 6.92 Å². The summed E-state index contributed by atoms with van der Waals surface area (Å²) in [5.41, 5.74) is 7.47. The van der Waals surface area contributed by atoms with E-state index in [1.807, 2.05) is 25.1 Å². The van der Waals surface area contributed by atoms with Gasteiger partial charge in [-0.05, 0) is 19.1 Å². The van der Waals surface area contributed by atoms with E-state index in [2.05, 4.69) is 9.97 Å². The smallest absolute Gasteiger partial charge is 0.214 e. The zero-order valence-corrected chi connectivity index (χ0v) is 10.5. The average Bonchev–Trinajstić information content (AvgIpc) is 2.85. The molecular weight excluding hydrogens is 252 g/mol. The van der Waals surface area contributed by atoms with Crippen LogP contribution >= 0.6 is 11.6 Å². The minimum absolute atomic E-state index is 0.397. The van der Waals surface area contributed by atoms with Gasteiger partial charge in [-0.3, -0.25) is 4.57 Å². The zero-order valence-electron chi connectivity index (χ0n) is 9.72. The summed E-state index contributed by atoms with van der Waals surface area (Å²) in [6.07, 6.45) is 1.67. The summed E-state index contributed by atoms with van der Waals surface area (Å²) < 4.78 is 7.24. The summed E-state index contributed by atoms with van der Waals surface area (Å²) in [7, 11) is 0. The number of nitrogens with zero attached hydrogens (tertiary/aromatic N) is 3. The fourth-order valence-corrected chi connectivity index (χ4v) is 2.20. The number of anilines is 1. The van der Waals surface area contributed by atoms with Crippen LogP contribution in [0.5, 0.6) is 0 Å². The van der Waals surface area contributed by atoms with Crippen LogP contribution in [0.15, 0.2) is 28.8 Å². The van der Waals surface area contributed by atoms with Crippen molar-refractivity contribution in [3.63, 3.8) is 0 Å². The van der Waals surface area contributed by atoms with Gasteiger partial charge in [0.25, 0.3) is 0 Å². The number of hydrogen-bond donors (Lipinski definition) is 1. The molecule has 2 heterocycles. The van der Waals surface area contributed by atoms with Crippen molar-refractivity contribution in [2.75, 3.05) is 5.73 Å². The molecule has 5 nitrogen and oxygen atoms in total. The lowest BCUT2D eigenvalue weighted by Crippen LogP contribution is -2.05. The number of imidazole rings is 1. The molecule has 0 spiro atoms. The molecule has 2 aromatic heterocycles. The van der Waals surface area contributed by atoms with E-state index in [4.69, 9.17) is 21.8 Å². The molecule has 3 aromatic rings. The minimum atomic E-state index is 0.397. The Morgan fingerprint density at radius 3 is 3.00 bits per heavy atom. The van der Waals surface area contributed by atoms with Gasteiger partial charge in [0.2, 0.25) is 11.8 Å². The van der Waals surface area contributed by atoms with Crippen molar-refractivity contribution in [2.24, 2.45) is 0 Å². The quantitative estimate of drug-likeness (QED) is 0.771. The predicted octanol–water partition coefficient (Wildman–Crippen LogP) is 2.62. The Balaban J connectivity index is 2.13. The maximum Gasteiger partial charge on any atom is 0.214 e. The van der Waals surface area contributed by atoms with Crippen LogP contribution in [0.1, 0.15) is 11.7 Å². The molecule has 0 saturated heterocycles. The van der Waals surface area contributed by atoms with Gasteiger partial charge in [-0.15, -0.1) is 0 Å². The number of benzene rings is 1. The van der Waals surface area contributed by atoms with Crippen LogP contribution in [-0.4, -0.2) is 14.5 Å². The van der Waals surface area contributed by atoms with Crippen molar-refractivity contribution in [3.8, 4) is 0 Å². The van der Waals surface area contributed by atoms with E-state index in [0.29, 0.717) is 23.4 Å². The number of nitrogens with two attached hydrogens (primary N) is 1. The topological polar surface area (TPSA) is 69.9 Å². The van der Waals surface area contributed by atoms with E-state index in [-0.39, 0.29) is 0 Å². The first-order chi connectivity index (χ1) is 8.65. The van der Waals surface area contributed by atoms with E-state index < -0.39 is 0 Å². The summed E-state index contributed by atoms with van der Waals surface area (Å²) in [4.78, 5) is 8.42. The molecule has 0 fully saturated rings. The molecule has 92 valence electrons. The minimum Gasteiger partial charge on any atom is -0.444 e. The van der Waals surface area contributed by atoms with Gasteiger partial charge in [-0.25, -0.2) is 9.97 Å². The highest BCUT2D eigenvalue weighted by Crippen LogP contribution is 2.26. The number of para-hydroxylation sites is 1. The third kappa shape index (κ3) is 1.73. The number of halogens is 1. The van der Waals surface area contributed by atoms with Crippen LogP contribution in [0.3, 0.4) is 0 Å². The van der Waals surface area contributed by atoms with Gasteiger partial charge in [-0.2, -0.15) is 0 Å². The second-order valence-electron chi connectivity index (χ2n) is 4.03. The van der Waals surface area contributed by atoms with Crippen LogP contribution in [0.25, 0.3) is 11.0 Å². The summed E-state index contributed by atoms with van der Waals surface area (Å²) >= 11 is 6.18. The lowest BCUT2D eigenvalue weighted by Gasteiger charge is -2.04. The van der Waals surface area contributed by atoms with Gasteiger partial charge in [-0.1, -0.05) is 17.7 Å². The lowest BCUT2D eigenvalue weighted by atomic mass is 10.3. The number of aromatic nitrogens is 3. The molecule has 18 heavy (non-hydrogen) atoms. The molecule has 0 bridgehead atoms. The highest BCUT2D eigenvalue weighted by atomic mass is 35.5. The molecule has 0 aliphatic carbocycles. The van der Waals surface area contributed by atoms with E-state index in [0.717, 1.165) is 16.8 Å².